The molecule has 178 valence electrons. The van der Waals surface area contributed by atoms with Crippen LogP contribution in [0.15, 0.2) is 28.9 Å². The molecule has 1 aromatic carbocycles. The summed E-state index contributed by atoms with van der Waals surface area (Å²) in [5, 5.41) is 6.42. The number of hydrogen-bond acceptors (Lipinski definition) is 6. The molecule has 0 spiro atoms. The number of aryl methyl sites for hydroxylation is 1. The van der Waals surface area contributed by atoms with Crippen molar-refractivity contribution in [3.05, 3.63) is 58.9 Å². The average molecular weight is 469 g/mol. The van der Waals surface area contributed by atoms with Crippen molar-refractivity contribution in [2.75, 3.05) is 5.32 Å². The smallest absolute Gasteiger partial charge is 0.238 e. The summed E-state index contributed by atoms with van der Waals surface area (Å²) in [6, 6.07) is 4.17. The van der Waals surface area contributed by atoms with Gasteiger partial charge in [-0.05, 0) is 61.1 Å². The minimum atomic E-state index is -0.759. The molecule has 9 heteroatoms. The number of benzene rings is 1. The van der Waals surface area contributed by atoms with Crippen LogP contribution in [0.1, 0.15) is 67.7 Å². The van der Waals surface area contributed by atoms with E-state index >= 15 is 8.78 Å². The average Bonchev–Trinajstić information content (AvgIpc) is 3.50. The van der Waals surface area contributed by atoms with Crippen molar-refractivity contribution in [3.63, 3.8) is 0 Å². The third kappa shape index (κ3) is 5.03. The Kier molecular flexibility index (Phi) is 6.29. The topological polar surface area (TPSA) is 98.0 Å². The van der Waals surface area contributed by atoms with E-state index in [-0.39, 0.29) is 58.8 Å². The molecule has 1 fully saturated rings. The summed E-state index contributed by atoms with van der Waals surface area (Å²) in [6.07, 6.45) is 3.17. The number of ketones is 1. The first-order valence-corrected chi connectivity index (χ1v) is 11.2. The Balaban J connectivity index is 1.52. The Morgan fingerprint density at radius 2 is 1.94 bits per heavy atom. The van der Waals surface area contributed by atoms with Crippen molar-refractivity contribution >= 4 is 17.5 Å². The highest BCUT2D eigenvalue weighted by Gasteiger charge is 2.30. The highest BCUT2D eigenvalue weighted by molar-refractivity contribution is 5.94. The number of amides is 1. The lowest BCUT2D eigenvalue weighted by Crippen LogP contribution is -2.14. The van der Waals surface area contributed by atoms with Gasteiger partial charge < -0.3 is 9.84 Å². The molecule has 4 rings (SSSR count). The quantitative estimate of drug-likeness (QED) is 0.480. The van der Waals surface area contributed by atoms with Gasteiger partial charge in [-0.25, -0.2) is 13.8 Å². The standard InChI is InChI=1S/C25H26F2N4O3/c1-13-15(7-8-18(32)22-30-24(34-31-22)25(2,3)4)11-17(26)20(21(13)27)16-9-10-28-19(12-16)29-23(33)14-5-6-14/h9-12,14H,5-8H2,1-4H3,(H,28,29,33). The largest absolute Gasteiger partial charge is 0.338 e. The van der Waals surface area contributed by atoms with Crippen LogP contribution in [0.5, 0.6) is 0 Å². The number of carbonyl (C=O) groups excluding carboxylic acids is 2. The molecule has 1 N–H and O–H groups in total. The number of Topliss-reactive ketones (excluding diaryl/α,β-unsaturated/α-hetero) is 1. The molecule has 0 bridgehead atoms. The van der Waals surface area contributed by atoms with Crippen LogP contribution in [-0.2, 0) is 16.6 Å². The van der Waals surface area contributed by atoms with Gasteiger partial charge >= 0.3 is 0 Å². The maximum atomic E-state index is 15.3. The van der Waals surface area contributed by atoms with E-state index in [1.807, 2.05) is 20.8 Å². The molecule has 1 aliphatic carbocycles. The van der Waals surface area contributed by atoms with Gasteiger partial charge in [0.05, 0.1) is 5.56 Å². The van der Waals surface area contributed by atoms with Crippen LogP contribution in [0.3, 0.4) is 0 Å². The van der Waals surface area contributed by atoms with Crippen LogP contribution in [0.4, 0.5) is 14.6 Å². The third-order valence-electron chi connectivity index (χ3n) is 5.76. The molecule has 0 radical (unpaired) electrons. The van der Waals surface area contributed by atoms with E-state index in [1.54, 1.807) is 6.92 Å². The van der Waals surface area contributed by atoms with Crippen LogP contribution in [0.25, 0.3) is 11.1 Å². The van der Waals surface area contributed by atoms with E-state index in [0.29, 0.717) is 11.5 Å². The molecule has 1 saturated carbocycles. The molecular formula is C25H26F2N4O3. The number of hydrogen-bond donors (Lipinski definition) is 1. The van der Waals surface area contributed by atoms with E-state index in [4.69, 9.17) is 4.52 Å². The number of halogens is 2. The Bertz CT molecular complexity index is 1260. The summed E-state index contributed by atoms with van der Waals surface area (Å²) in [4.78, 5) is 32.7. The Labute approximate surface area is 196 Å². The normalized spacial score (nSPS) is 13.7. The molecule has 0 aliphatic heterocycles. The molecule has 0 atom stereocenters. The summed E-state index contributed by atoms with van der Waals surface area (Å²) in [7, 11) is 0. The second-order valence-corrected chi connectivity index (χ2v) is 9.62. The van der Waals surface area contributed by atoms with Crippen LogP contribution in [0, 0.1) is 24.5 Å². The maximum Gasteiger partial charge on any atom is 0.238 e. The number of nitrogens with one attached hydrogen (secondary N) is 1. The first-order valence-electron chi connectivity index (χ1n) is 11.2. The summed E-state index contributed by atoms with van der Waals surface area (Å²) in [5.41, 5.74) is 0.293. The van der Waals surface area contributed by atoms with Gasteiger partial charge in [0.15, 0.2) is 0 Å². The van der Waals surface area contributed by atoms with Gasteiger partial charge in [-0.1, -0.05) is 25.9 Å². The minimum Gasteiger partial charge on any atom is -0.338 e. The SMILES string of the molecule is Cc1c(CCC(=O)c2noc(C(C)(C)C)n2)cc(F)c(-c2ccnc(NC(=O)C3CC3)c2)c1F. The van der Waals surface area contributed by atoms with Crippen molar-refractivity contribution in [1.29, 1.82) is 0 Å². The number of anilines is 1. The van der Waals surface area contributed by atoms with Gasteiger partial charge in [0.1, 0.15) is 17.5 Å². The van der Waals surface area contributed by atoms with Gasteiger partial charge in [-0.15, -0.1) is 0 Å². The Morgan fingerprint density at radius 1 is 1.21 bits per heavy atom. The summed E-state index contributed by atoms with van der Waals surface area (Å²) >= 11 is 0. The monoisotopic (exact) mass is 468 g/mol. The number of rotatable bonds is 7. The predicted octanol–water partition coefficient (Wildman–Crippen LogP) is 5.18. The van der Waals surface area contributed by atoms with Crippen LogP contribution >= 0.6 is 0 Å². The summed E-state index contributed by atoms with van der Waals surface area (Å²) in [6.45, 7) is 7.20. The van der Waals surface area contributed by atoms with Gasteiger partial charge in [0.2, 0.25) is 23.4 Å². The second kappa shape index (κ2) is 9.04. The summed E-state index contributed by atoms with van der Waals surface area (Å²) in [5.74, 6) is -1.46. The second-order valence-electron chi connectivity index (χ2n) is 9.62. The van der Waals surface area contributed by atoms with E-state index in [0.717, 1.165) is 12.8 Å². The number of nitrogens with zero attached hydrogens (tertiary/aromatic N) is 3. The van der Waals surface area contributed by atoms with Crippen molar-refractivity contribution in [1.82, 2.24) is 15.1 Å². The van der Waals surface area contributed by atoms with E-state index in [9.17, 15) is 9.59 Å². The number of aromatic nitrogens is 3. The highest BCUT2D eigenvalue weighted by atomic mass is 19.1. The summed E-state index contributed by atoms with van der Waals surface area (Å²) < 4.78 is 35.4. The molecule has 2 aromatic heterocycles. The molecule has 1 aliphatic rings. The van der Waals surface area contributed by atoms with E-state index in [1.165, 1.54) is 24.4 Å². The third-order valence-corrected chi connectivity index (χ3v) is 5.76. The van der Waals surface area contributed by atoms with Gasteiger partial charge in [0.25, 0.3) is 0 Å². The first-order chi connectivity index (χ1) is 16.0. The van der Waals surface area contributed by atoms with Crippen molar-refractivity contribution in [3.8, 4) is 11.1 Å². The predicted molar refractivity (Wildman–Crippen MR) is 121 cm³/mol. The number of carbonyl (C=O) groups is 2. The first kappa shape index (κ1) is 23.7. The van der Waals surface area contributed by atoms with Crippen LogP contribution in [0.2, 0.25) is 0 Å². The van der Waals surface area contributed by atoms with Crippen molar-refractivity contribution < 1.29 is 22.9 Å². The van der Waals surface area contributed by atoms with E-state index < -0.39 is 17.0 Å². The van der Waals surface area contributed by atoms with Crippen molar-refractivity contribution in [2.45, 2.75) is 58.8 Å². The fraction of sp³-hybridized carbons (Fsp3) is 0.400. The zero-order valence-corrected chi connectivity index (χ0v) is 19.5. The molecule has 0 unspecified atom stereocenters. The maximum absolute atomic E-state index is 15.3. The van der Waals surface area contributed by atoms with Gasteiger partial charge in [0, 0.05) is 24.0 Å². The lowest BCUT2D eigenvalue weighted by atomic mass is 9.95. The molecule has 7 nitrogen and oxygen atoms in total. The van der Waals surface area contributed by atoms with Crippen LogP contribution in [-0.4, -0.2) is 26.8 Å². The van der Waals surface area contributed by atoms with E-state index in [2.05, 4.69) is 20.4 Å². The lowest BCUT2D eigenvalue weighted by molar-refractivity contribution is -0.117. The zero-order valence-electron chi connectivity index (χ0n) is 19.5. The lowest BCUT2D eigenvalue weighted by Gasteiger charge is -2.13. The van der Waals surface area contributed by atoms with Crippen molar-refractivity contribution in [2.24, 2.45) is 5.92 Å². The number of pyridine rings is 1. The fourth-order valence-corrected chi connectivity index (χ4v) is 3.52. The van der Waals surface area contributed by atoms with Crippen LogP contribution < -0.4 is 5.32 Å². The highest BCUT2D eigenvalue weighted by Crippen LogP contribution is 2.33. The zero-order chi connectivity index (χ0) is 24.6. The molecule has 0 saturated heterocycles. The molecule has 34 heavy (non-hydrogen) atoms. The molecule has 3 aromatic rings. The Hall–Kier alpha value is -3.49. The Morgan fingerprint density at radius 3 is 2.59 bits per heavy atom. The molecular weight excluding hydrogens is 442 g/mol. The van der Waals surface area contributed by atoms with Gasteiger partial charge in [-0.2, -0.15) is 4.98 Å². The molecule has 2 heterocycles. The fourth-order valence-electron chi connectivity index (χ4n) is 3.52. The minimum absolute atomic E-state index is 0.0179. The van der Waals surface area contributed by atoms with Gasteiger partial charge in [-0.3, -0.25) is 9.59 Å². The molecule has 1 amide bonds.